The molecule has 4 rings (SSSR count). The predicted molar refractivity (Wildman–Crippen MR) is 137 cm³/mol. The van der Waals surface area contributed by atoms with Gasteiger partial charge in [-0.1, -0.05) is 36.4 Å². The van der Waals surface area contributed by atoms with E-state index in [1.54, 1.807) is 50.2 Å². The molecule has 1 heterocycles. The van der Waals surface area contributed by atoms with Crippen LogP contribution in [0.2, 0.25) is 0 Å². The summed E-state index contributed by atoms with van der Waals surface area (Å²) >= 11 is 0. The number of fused-ring (bicyclic) bond motifs is 1. The number of para-hydroxylation sites is 1. The van der Waals surface area contributed by atoms with Gasteiger partial charge in [0.2, 0.25) is 0 Å². The number of rotatable bonds is 8. The van der Waals surface area contributed by atoms with Crippen molar-refractivity contribution in [1.82, 2.24) is 3.97 Å². The van der Waals surface area contributed by atoms with Crippen LogP contribution in [0.1, 0.15) is 37.4 Å². The number of hydrogen-bond acceptors (Lipinski definition) is 4. The lowest BCUT2D eigenvalue weighted by Crippen LogP contribution is -2.34. The van der Waals surface area contributed by atoms with Gasteiger partial charge in [-0.05, 0) is 62.7 Å². The molecule has 0 fully saturated rings. The van der Waals surface area contributed by atoms with E-state index in [-0.39, 0.29) is 11.3 Å². The summed E-state index contributed by atoms with van der Waals surface area (Å²) in [4.78, 5) is 0.120. The van der Waals surface area contributed by atoms with E-state index in [0.29, 0.717) is 27.9 Å². The quantitative estimate of drug-likeness (QED) is 0.360. The fraction of sp³-hybridized carbons (Fsp3) is 0.231. The summed E-state index contributed by atoms with van der Waals surface area (Å²) in [5.74, 6) is -0.802. The Balaban J connectivity index is 2.07. The Morgan fingerprint density at radius 1 is 1.03 bits per heavy atom. The van der Waals surface area contributed by atoms with Gasteiger partial charge in [0.05, 0.1) is 33.3 Å². The van der Waals surface area contributed by atoms with Gasteiger partial charge in [0.15, 0.2) is 0 Å². The number of ether oxygens (including phenoxy) is 1. The van der Waals surface area contributed by atoms with Gasteiger partial charge in [-0.15, -0.1) is 0 Å². The molecular formula is C26H27FN2O4S2. The van der Waals surface area contributed by atoms with E-state index < -0.39 is 37.5 Å². The first-order valence-corrected chi connectivity index (χ1v) is 13.6. The third-order valence-corrected chi connectivity index (χ3v) is 9.15. The molecule has 9 heteroatoms. The monoisotopic (exact) mass is 514 g/mol. The van der Waals surface area contributed by atoms with Crippen LogP contribution < -0.4 is 9.88 Å². The molecule has 0 radical (unpaired) electrons. The standard InChI is InChI=1S/C26H27FN2O4S2/c1-26(2,34(28)30)17-22(21-16-19(27)13-14-25(21)33-3)24-15-18-9-7-8-12-23(18)29(24)35(31,32)20-10-5-4-6-11-20/h4-16,22H,17,28H2,1-3H3/t22-,34?/m1/s1. The molecule has 0 saturated carbocycles. The van der Waals surface area contributed by atoms with Crippen molar-refractivity contribution in [3.8, 4) is 5.75 Å². The molecule has 0 aliphatic rings. The molecule has 6 nitrogen and oxygen atoms in total. The van der Waals surface area contributed by atoms with Crippen LogP contribution in [0.5, 0.6) is 5.75 Å². The summed E-state index contributed by atoms with van der Waals surface area (Å²) in [6.45, 7) is 3.47. The summed E-state index contributed by atoms with van der Waals surface area (Å²) < 4.78 is 60.7. The van der Waals surface area contributed by atoms with E-state index in [1.807, 2.05) is 12.1 Å². The highest BCUT2D eigenvalue weighted by Gasteiger charge is 2.35. The van der Waals surface area contributed by atoms with Crippen LogP contribution in [0.25, 0.3) is 10.9 Å². The van der Waals surface area contributed by atoms with Gasteiger partial charge in [-0.25, -0.2) is 21.0 Å². The summed E-state index contributed by atoms with van der Waals surface area (Å²) in [5, 5.41) is 6.51. The Labute approximate surface area is 207 Å². The van der Waals surface area contributed by atoms with Gasteiger partial charge in [-0.3, -0.25) is 5.14 Å². The van der Waals surface area contributed by atoms with Gasteiger partial charge < -0.3 is 4.74 Å². The fourth-order valence-electron chi connectivity index (χ4n) is 4.28. The largest absolute Gasteiger partial charge is 0.496 e. The smallest absolute Gasteiger partial charge is 0.268 e. The van der Waals surface area contributed by atoms with Crippen molar-refractivity contribution in [2.45, 2.75) is 35.8 Å². The van der Waals surface area contributed by atoms with Gasteiger partial charge >= 0.3 is 0 Å². The lowest BCUT2D eigenvalue weighted by atomic mass is 9.86. The molecule has 0 bridgehead atoms. The second-order valence-corrected chi connectivity index (χ2v) is 12.4. The van der Waals surface area contributed by atoms with Crippen LogP contribution >= 0.6 is 0 Å². The highest BCUT2D eigenvalue weighted by molar-refractivity contribution is 7.90. The van der Waals surface area contributed by atoms with E-state index in [9.17, 15) is 17.0 Å². The maximum atomic E-state index is 14.5. The van der Waals surface area contributed by atoms with Gasteiger partial charge in [-0.2, -0.15) is 0 Å². The Kier molecular flexibility index (Phi) is 6.86. The second-order valence-electron chi connectivity index (χ2n) is 8.91. The molecule has 0 saturated heterocycles. The highest BCUT2D eigenvalue weighted by atomic mass is 32.2. The first kappa shape index (κ1) is 25.1. The number of hydrogen-bond donors (Lipinski definition) is 1. The SMILES string of the molecule is COc1ccc(F)cc1[C@@H](CC(C)(C)S(N)=O)c1cc2ccccc2n1S(=O)(=O)c1ccccc1. The van der Waals surface area contributed by atoms with E-state index in [0.717, 1.165) is 0 Å². The Hall–Kier alpha value is -3.01. The minimum absolute atomic E-state index is 0.120. The lowest BCUT2D eigenvalue weighted by Gasteiger charge is -2.29. The Morgan fingerprint density at radius 3 is 2.34 bits per heavy atom. The van der Waals surface area contributed by atoms with Crippen molar-refractivity contribution >= 4 is 31.9 Å². The lowest BCUT2D eigenvalue weighted by molar-refractivity contribution is 0.402. The molecule has 3 aromatic carbocycles. The van der Waals surface area contributed by atoms with Crippen LogP contribution in [0.3, 0.4) is 0 Å². The zero-order valence-electron chi connectivity index (χ0n) is 19.6. The molecule has 1 aromatic heterocycles. The molecule has 0 aliphatic heterocycles. The fourth-order valence-corrected chi connectivity index (χ4v) is 6.21. The minimum Gasteiger partial charge on any atom is -0.496 e. The highest BCUT2D eigenvalue weighted by Crippen LogP contribution is 2.42. The number of nitrogens with zero attached hydrogens (tertiary/aromatic N) is 1. The third-order valence-electron chi connectivity index (χ3n) is 6.14. The molecule has 2 N–H and O–H groups in total. The van der Waals surface area contributed by atoms with Gasteiger partial charge in [0.1, 0.15) is 11.6 Å². The van der Waals surface area contributed by atoms with Crippen LogP contribution in [0.15, 0.2) is 83.8 Å². The van der Waals surface area contributed by atoms with Gasteiger partial charge in [0.25, 0.3) is 10.0 Å². The van der Waals surface area contributed by atoms with Crippen LogP contribution in [0, 0.1) is 5.82 Å². The summed E-state index contributed by atoms with van der Waals surface area (Å²) in [5.41, 5.74) is 1.33. The topological polar surface area (TPSA) is 91.4 Å². The van der Waals surface area contributed by atoms with Crippen molar-refractivity contribution in [3.05, 3.63) is 95.9 Å². The van der Waals surface area contributed by atoms with E-state index >= 15 is 0 Å². The van der Waals surface area contributed by atoms with Crippen LogP contribution in [-0.2, 0) is 21.0 Å². The molecule has 184 valence electrons. The maximum absolute atomic E-state index is 14.5. The maximum Gasteiger partial charge on any atom is 0.268 e. The number of aromatic nitrogens is 1. The molecule has 0 spiro atoms. The van der Waals surface area contributed by atoms with E-state index in [4.69, 9.17) is 9.88 Å². The van der Waals surface area contributed by atoms with Gasteiger partial charge in [0, 0.05) is 22.6 Å². The molecule has 0 aliphatic carbocycles. The molecule has 35 heavy (non-hydrogen) atoms. The van der Waals surface area contributed by atoms with Crippen LogP contribution in [0.4, 0.5) is 4.39 Å². The van der Waals surface area contributed by atoms with E-state index in [2.05, 4.69) is 0 Å². The molecule has 2 atom stereocenters. The number of benzene rings is 3. The normalized spacial score (nSPS) is 14.1. The number of methoxy groups -OCH3 is 1. The van der Waals surface area contributed by atoms with Crippen LogP contribution in [-0.4, -0.2) is 28.5 Å². The summed E-state index contributed by atoms with van der Waals surface area (Å²) in [6, 6.07) is 21.1. The average Bonchev–Trinajstić information content (AvgIpc) is 3.23. The summed E-state index contributed by atoms with van der Waals surface area (Å²) in [7, 11) is -4.30. The first-order chi connectivity index (χ1) is 16.6. The zero-order chi connectivity index (χ0) is 25.4. The van der Waals surface area contributed by atoms with E-state index in [1.165, 1.54) is 41.4 Å². The van der Waals surface area contributed by atoms with Crippen molar-refractivity contribution in [1.29, 1.82) is 0 Å². The van der Waals surface area contributed by atoms with Crippen molar-refractivity contribution in [2.75, 3.05) is 7.11 Å². The number of halogens is 1. The summed E-state index contributed by atoms with van der Waals surface area (Å²) in [6.07, 6.45) is 0.177. The molecule has 1 unspecified atom stereocenters. The molecule has 4 aromatic rings. The van der Waals surface area contributed by atoms with Crippen molar-refractivity contribution in [3.63, 3.8) is 0 Å². The average molecular weight is 515 g/mol. The van der Waals surface area contributed by atoms with Crippen molar-refractivity contribution < 1.29 is 21.8 Å². The Bertz CT molecular complexity index is 1500. The first-order valence-electron chi connectivity index (χ1n) is 11.0. The Morgan fingerprint density at radius 2 is 1.69 bits per heavy atom. The zero-order valence-corrected chi connectivity index (χ0v) is 21.3. The molecular weight excluding hydrogens is 487 g/mol. The second kappa shape index (κ2) is 9.56. The number of nitrogens with two attached hydrogens (primary N) is 1. The minimum atomic E-state index is -4.04. The van der Waals surface area contributed by atoms with Crippen molar-refractivity contribution in [2.24, 2.45) is 5.14 Å². The third kappa shape index (κ3) is 4.76. The predicted octanol–water partition coefficient (Wildman–Crippen LogP) is 4.95. The molecule has 0 amide bonds.